The Bertz CT molecular complexity index is 597. The van der Waals surface area contributed by atoms with Crippen LogP contribution in [0, 0.1) is 6.92 Å². The van der Waals surface area contributed by atoms with Crippen LogP contribution in [0.5, 0.6) is 0 Å². The van der Waals surface area contributed by atoms with Gasteiger partial charge in [-0.25, -0.2) is 0 Å². The molecule has 6 nitrogen and oxygen atoms in total. The van der Waals surface area contributed by atoms with Crippen molar-refractivity contribution >= 4 is 16.8 Å². The number of aliphatic hydroxyl groups is 4. The molecule has 5 N–H and O–H groups in total. The lowest BCUT2D eigenvalue weighted by molar-refractivity contribution is -0.236. The first-order valence-corrected chi connectivity index (χ1v) is 8.26. The Morgan fingerprint density at radius 1 is 1.13 bits per heavy atom. The topological polar surface area (TPSA) is 105 Å². The smallest absolute Gasteiger partial charge is 0.127 e. The van der Waals surface area contributed by atoms with E-state index < -0.39 is 28.8 Å². The minimum absolute atomic E-state index is 0.674. The molecule has 0 bridgehead atoms. The summed E-state index contributed by atoms with van der Waals surface area (Å²) in [6.45, 7) is 5.31. The van der Waals surface area contributed by atoms with Crippen LogP contribution in [0.4, 0.5) is 0 Å². The summed E-state index contributed by atoms with van der Waals surface area (Å²) in [5, 5.41) is 45.3. The number of hydrogen-bond donors (Lipinski definition) is 5. The molecule has 0 spiro atoms. The highest BCUT2D eigenvalue weighted by atomic mass is 32.2. The van der Waals surface area contributed by atoms with Crippen molar-refractivity contribution in [2.24, 2.45) is 5.10 Å². The molecule has 0 aliphatic carbocycles. The van der Waals surface area contributed by atoms with Crippen molar-refractivity contribution in [1.82, 2.24) is 5.43 Å². The fraction of sp³-hybridized carbons (Fsp3) is 0.562. The highest BCUT2D eigenvalue weighted by molar-refractivity contribution is 8.15. The van der Waals surface area contributed by atoms with Gasteiger partial charge in [-0.2, -0.15) is 5.10 Å². The summed E-state index contributed by atoms with van der Waals surface area (Å²) in [5.41, 5.74) is -0.732. The van der Waals surface area contributed by atoms with Gasteiger partial charge in [0, 0.05) is 5.56 Å². The van der Waals surface area contributed by atoms with Crippen LogP contribution in [0.3, 0.4) is 0 Å². The van der Waals surface area contributed by atoms with Crippen LogP contribution in [0.2, 0.25) is 0 Å². The molecule has 128 valence electrons. The van der Waals surface area contributed by atoms with E-state index in [1.54, 1.807) is 0 Å². The van der Waals surface area contributed by atoms with Crippen LogP contribution in [0.15, 0.2) is 29.4 Å². The molecule has 1 aliphatic rings. The van der Waals surface area contributed by atoms with Crippen molar-refractivity contribution < 1.29 is 20.4 Å². The maximum absolute atomic E-state index is 10.8. The zero-order valence-electron chi connectivity index (χ0n) is 13.7. The van der Waals surface area contributed by atoms with Crippen LogP contribution in [-0.4, -0.2) is 54.3 Å². The lowest BCUT2D eigenvalue weighted by Crippen LogP contribution is -2.70. The van der Waals surface area contributed by atoms with Gasteiger partial charge in [0.15, 0.2) is 0 Å². The van der Waals surface area contributed by atoms with Crippen LogP contribution in [0.1, 0.15) is 31.9 Å². The Labute approximate surface area is 140 Å². The molecular weight excluding hydrogens is 316 g/mol. The second kappa shape index (κ2) is 6.07. The van der Waals surface area contributed by atoms with Gasteiger partial charge in [-0.3, -0.25) is 5.43 Å². The number of nitrogens with zero attached hydrogens (tertiary/aromatic N) is 1. The van der Waals surface area contributed by atoms with E-state index in [1.165, 1.54) is 32.5 Å². The third-order valence-electron chi connectivity index (χ3n) is 4.66. The molecule has 1 aromatic carbocycles. The molecule has 4 unspecified atom stereocenters. The molecule has 0 fully saturated rings. The molecule has 1 aromatic rings. The third kappa shape index (κ3) is 3.12. The van der Waals surface area contributed by atoms with E-state index >= 15 is 0 Å². The van der Waals surface area contributed by atoms with Crippen LogP contribution in [0.25, 0.3) is 0 Å². The monoisotopic (exact) mass is 340 g/mol. The Morgan fingerprint density at radius 2 is 1.70 bits per heavy atom. The van der Waals surface area contributed by atoms with Crippen molar-refractivity contribution in [3.8, 4) is 0 Å². The van der Waals surface area contributed by atoms with Gasteiger partial charge in [0.25, 0.3) is 0 Å². The largest absolute Gasteiger partial charge is 0.393 e. The second-order valence-electron chi connectivity index (χ2n) is 6.56. The maximum atomic E-state index is 10.8. The molecule has 2 rings (SSSR count). The maximum Gasteiger partial charge on any atom is 0.127 e. The molecule has 0 radical (unpaired) electrons. The highest BCUT2D eigenvalue weighted by Crippen LogP contribution is 2.40. The number of thioether (sulfide) groups is 1. The summed E-state index contributed by atoms with van der Waals surface area (Å²) >= 11 is 1.27. The minimum Gasteiger partial charge on any atom is -0.393 e. The number of aliphatic hydroxyl groups excluding tert-OH is 1. The Kier molecular flexibility index (Phi) is 4.81. The first-order chi connectivity index (χ1) is 10.5. The lowest BCUT2D eigenvalue weighted by atomic mass is 9.73. The number of nitrogens with one attached hydrogen (secondary N) is 1. The van der Waals surface area contributed by atoms with Crippen molar-refractivity contribution in [3.05, 3.63) is 35.4 Å². The van der Waals surface area contributed by atoms with Crippen LogP contribution in [-0.2, 0) is 0 Å². The minimum atomic E-state index is -1.96. The number of rotatable bonds is 5. The van der Waals surface area contributed by atoms with E-state index in [9.17, 15) is 20.4 Å². The quantitative estimate of drug-likeness (QED) is 0.537. The van der Waals surface area contributed by atoms with E-state index in [4.69, 9.17) is 0 Å². The lowest BCUT2D eigenvalue weighted by Gasteiger charge is -2.48. The molecule has 0 saturated carbocycles. The van der Waals surface area contributed by atoms with Gasteiger partial charge in [-0.15, -0.1) is 0 Å². The molecule has 1 aliphatic heterocycles. The van der Waals surface area contributed by atoms with Crippen molar-refractivity contribution in [3.63, 3.8) is 0 Å². The van der Waals surface area contributed by atoms with Gasteiger partial charge >= 0.3 is 0 Å². The summed E-state index contributed by atoms with van der Waals surface area (Å²) in [7, 11) is 0. The molecule has 7 heteroatoms. The van der Waals surface area contributed by atoms with Gasteiger partial charge in [0.2, 0.25) is 0 Å². The van der Waals surface area contributed by atoms with Crippen molar-refractivity contribution in [2.45, 2.75) is 49.9 Å². The van der Waals surface area contributed by atoms with Gasteiger partial charge in [0.1, 0.15) is 27.2 Å². The van der Waals surface area contributed by atoms with Crippen LogP contribution >= 0.6 is 11.8 Å². The van der Waals surface area contributed by atoms with E-state index in [2.05, 4.69) is 10.5 Å². The Hall–Kier alpha value is -1.12. The zero-order chi connectivity index (χ0) is 17.5. The predicted molar refractivity (Wildman–Crippen MR) is 91.2 cm³/mol. The van der Waals surface area contributed by atoms with E-state index in [0.717, 1.165) is 11.1 Å². The summed E-state index contributed by atoms with van der Waals surface area (Å²) in [6.07, 6.45) is 0. The first kappa shape index (κ1) is 18.2. The number of aryl methyl sites for hydroxylation is 1. The number of benzene rings is 1. The summed E-state index contributed by atoms with van der Waals surface area (Å²) in [4.78, 5) is 0. The number of hydrazone groups is 1. The van der Waals surface area contributed by atoms with E-state index in [1.807, 2.05) is 31.2 Å². The number of hydrogen-bond acceptors (Lipinski definition) is 7. The second-order valence-corrected chi connectivity index (χ2v) is 7.66. The molecule has 0 saturated heterocycles. The molecular formula is C16H24N2O4S. The fourth-order valence-corrected chi connectivity index (χ4v) is 3.47. The van der Waals surface area contributed by atoms with Gasteiger partial charge < -0.3 is 20.4 Å². The highest BCUT2D eigenvalue weighted by Gasteiger charge is 2.58. The Morgan fingerprint density at radius 3 is 2.22 bits per heavy atom. The van der Waals surface area contributed by atoms with Crippen LogP contribution < -0.4 is 5.43 Å². The first-order valence-electron chi connectivity index (χ1n) is 7.38. The van der Waals surface area contributed by atoms with E-state index in [0.29, 0.717) is 5.04 Å². The summed E-state index contributed by atoms with van der Waals surface area (Å²) in [6, 6.07) is 7.80. The molecule has 0 aromatic heterocycles. The van der Waals surface area contributed by atoms with E-state index in [-0.39, 0.29) is 0 Å². The average molecular weight is 340 g/mol. The molecule has 4 atom stereocenters. The third-order valence-corrected chi connectivity index (χ3v) is 6.01. The molecule has 1 heterocycles. The molecule has 0 amide bonds. The van der Waals surface area contributed by atoms with Crippen molar-refractivity contribution in [1.29, 1.82) is 0 Å². The Balaban J connectivity index is 2.20. The SMILES string of the molecule is Cc1ccc(C2=NNC(C(C)(O)C(C)(O)C(C)(O)CO)S2)cc1. The van der Waals surface area contributed by atoms with Gasteiger partial charge in [0.05, 0.1) is 6.61 Å². The summed E-state index contributed by atoms with van der Waals surface area (Å²) < 4.78 is 0. The predicted octanol–water partition coefficient (Wildman–Crippen LogP) is 0.564. The van der Waals surface area contributed by atoms with Gasteiger partial charge in [-0.05, 0) is 27.7 Å². The van der Waals surface area contributed by atoms with Gasteiger partial charge in [-0.1, -0.05) is 41.6 Å². The fourth-order valence-electron chi connectivity index (χ4n) is 2.31. The van der Waals surface area contributed by atoms with Crippen molar-refractivity contribution in [2.75, 3.05) is 6.61 Å². The normalized spacial score (nSPS) is 25.7. The summed E-state index contributed by atoms with van der Waals surface area (Å²) in [5.74, 6) is 0. The molecule has 23 heavy (non-hydrogen) atoms. The average Bonchev–Trinajstić information content (AvgIpc) is 2.98. The zero-order valence-corrected chi connectivity index (χ0v) is 14.6. The standard InChI is InChI=1S/C16H24N2O4S/c1-10-5-7-11(8-6-10)12-17-18-13(23-12)15(3,21)16(4,22)14(2,20)9-19/h5-8,13,18-22H,9H2,1-4H3.